The van der Waals surface area contributed by atoms with E-state index in [-0.39, 0.29) is 24.7 Å². The maximum atomic E-state index is 13.6. The summed E-state index contributed by atoms with van der Waals surface area (Å²) in [6.07, 6.45) is 7.49. The molecule has 1 aromatic carbocycles. The van der Waals surface area contributed by atoms with Gasteiger partial charge in [0.2, 0.25) is 18.6 Å². The van der Waals surface area contributed by atoms with Crippen molar-refractivity contribution in [2.45, 2.75) is 49.9 Å². The van der Waals surface area contributed by atoms with Gasteiger partial charge >= 0.3 is 0 Å². The number of ether oxygens (including phenoxy) is 3. The number of nitrogens with one attached hydrogen (secondary N) is 1. The highest BCUT2D eigenvalue weighted by atomic mass is 16.7. The predicted molar refractivity (Wildman–Crippen MR) is 107 cm³/mol. The van der Waals surface area contributed by atoms with E-state index < -0.39 is 23.0 Å². The summed E-state index contributed by atoms with van der Waals surface area (Å²) >= 11 is 0. The molecule has 158 valence electrons. The van der Waals surface area contributed by atoms with Gasteiger partial charge in [0.05, 0.1) is 30.0 Å². The Kier molecular flexibility index (Phi) is 3.79. The molecule has 0 radical (unpaired) electrons. The second-order valence-corrected chi connectivity index (χ2v) is 9.10. The zero-order valence-corrected chi connectivity index (χ0v) is 17.1. The highest BCUT2D eigenvalue weighted by Gasteiger charge is 2.66. The third kappa shape index (κ3) is 2.35. The Balaban J connectivity index is 1.31. The highest BCUT2D eigenvalue weighted by molar-refractivity contribution is 5.93. The zero-order valence-electron chi connectivity index (χ0n) is 17.1. The summed E-state index contributed by atoms with van der Waals surface area (Å²) in [5.41, 5.74) is -0.0376. The minimum Gasteiger partial charge on any atom is -0.454 e. The van der Waals surface area contributed by atoms with Gasteiger partial charge < -0.3 is 24.4 Å². The Morgan fingerprint density at radius 3 is 2.83 bits per heavy atom. The normalized spacial score (nSPS) is 34.6. The van der Waals surface area contributed by atoms with Crippen LogP contribution >= 0.6 is 0 Å². The lowest BCUT2D eigenvalue weighted by Gasteiger charge is -2.34. The summed E-state index contributed by atoms with van der Waals surface area (Å²) in [5.74, 6) is 0.508. The first-order valence-electron chi connectivity index (χ1n) is 10.9. The number of nitrogens with zero attached hydrogens (tertiary/aromatic N) is 1. The number of amides is 2. The van der Waals surface area contributed by atoms with E-state index >= 15 is 0 Å². The standard InChI is InChI=1S/C23H26N2O5/c1-2-25-12-23-10-7-16(30-23)18(19(23)21(25)27)20(26)24-22(8-3-4-9-22)14-5-6-15-17(11-14)29-13-28-15/h5-7,10-11,16,18-19H,2-4,8-9,12-13H2,1H3,(H,24,26)/t16-,18-,19+,23+/m0/s1. The molecule has 3 fully saturated rings. The molecule has 4 atom stereocenters. The Morgan fingerprint density at radius 1 is 1.23 bits per heavy atom. The van der Waals surface area contributed by atoms with Crippen LogP contribution in [0.15, 0.2) is 30.4 Å². The SMILES string of the molecule is CCN1C[C@@]23C=C[C@H](O2)[C@H](C(=O)NC2(c4ccc5c(c4)OCO5)CCCC2)[C@@H]3C1=O. The molecule has 1 saturated carbocycles. The molecule has 2 saturated heterocycles. The van der Waals surface area contributed by atoms with Gasteiger partial charge in [-0.05, 0) is 37.5 Å². The average Bonchev–Trinajstić information content (AvgIpc) is 3.55. The van der Waals surface area contributed by atoms with Crippen LogP contribution < -0.4 is 14.8 Å². The first-order valence-corrected chi connectivity index (χ1v) is 10.9. The number of hydrogen-bond acceptors (Lipinski definition) is 5. The van der Waals surface area contributed by atoms with E-state index in [4.69, 9.17) is 14.2 Å². The van der Waals surface area contributed by atoms with E-state index in [9.17, 15) is 9.59 Å². The van der Waals surface area contributed by atoms with Crippen molar-refractivity contribution in [2.75, 3.05) is 19.9 Å². The molecule has 1 N–H and O–H groups in total. The number of carbonyl (C=O) groups excluding carboxylic acids is 2. The third-order valence-electron chi connectivity index (χ3n) is 7.61. The Labute approximate surface area is 175 Å². The van der Waals surface area contributed by atoms with Gasteiger partial charge in [-0.3, -0.25) is 9.59 Å². The van der Waals surface area contributed by atoms with Crippen molar-refractivity contribution in [1.29, 1.82) is 0 Å². The molecule has 1 aliphatic carbocycles. The van der Waals surface area contributed by atoms with Crippen molar-refractivity contribution in [1.82, 2.24) is 10.2 Å². The number of benzene rings is 1. The Bertz CT molecular complexity index is 953. The smallest absolute Gasteiger partial charge is 0.231 e. The topological polar surface area (TPSA) is 77.1 Å². The van der Waals surface area contributed by atoms with Crippen LogP contribution in [0.4, 0.5) is 0 Å². The van der Waals surface area contributed by atoms with Crippen LogP contribution in [0, 0.1) is 11.8 Å². The largest absolute Gasteiger partial charge is 0.454 e. The first kappa shape index (κ1) is 18.2. The summed E-state index contributed by atoms with van der Waals surface area (Å²) < 4.78 is 17.2. The molecule has 2 bridgehead atoms. The van der Waals surface area contributed by atoms with Gasteiger partial charge in [0.1, 0.15) is 5.60 Å². The number of fused-ring (bicyclic) bond motifs is 2. The van der Waals surface area contributed by atoms with Crippen LogP contribution in [-0.2, 0) is 19.9 Å². The lowest BCUT2D eigenvalue weighted by atomic mass is 9.76. The maximum Gasteiger partial charge on any atom is 0.231 e. The second kappa shape index (κ2) is 6.23. The molecule has 7 nitrogen and oxygen atoms in total. The molecular weight excluding hydrogens is 384 g/mol. The molecule has 4 aliphatic heterocycles. The summed E-state index contributed by atoms with van der Waals surface area (Å²) in [7, 11) is 0. The van der Waals surface area contributed by atoms with E-state index in [0.717, 1.165) is 42.7 Å². The van der Waals surface area contributed by atoms with E-state index in [2.05, 4.69) is 5.32 Å². The second-order valence-electron chi connectivity index (χ2n) is 9.10. The van der Waals surface area contributed by atoms with E-state index in [0.29, 0.717) is 13.1 Å². The van der Waals surface area contributed by atoms with Gasteiger partial charge in [0.25, 0.3) is 0 Å². The molecule has 5 aliphatic rings. The van der Waals surface area contributed by atoms with Crippen molar-refractivity contribution in [3.63, 3.8) is 0 Å². The third-order valence-corrected chi connectivity index (χ3v) is 7.61. The lowest BCUT2D eigenvalue weighted by Crippen LogP contribution is -2.51. The van der Waals surface area contributed by atoms with Gasteiger partial charge in [-0.15, -0.1) is 0 Å². The average molecular weight is 410 g/mol. The van der Waals surface area contributed by atoms with Crippen molar-refractivity contribution in [3.8, 4) is 11.5 Å². The molecule has 6 rings (SSSR count). The molecule has 4 heterocycles. The van der Waals surface area contributed by atoms with Crippen molar-refractivity contribution in [2.24, 2.45) is 11.8 Å². The number of hydrogen-bond donors (Lipinski definition) is 1. The summed E-state index contributed by atoms with van der Waals surface area (Å²) in [6.45, 7) is 3.37. The molecule has 0 unspecified atom stereocenters. The van der Waals surface area contributed by atoms with Crippen molar-refractivity contribution >= 4 is 11.8 Å². The van der Waals surface area contributed by atoms with E-state index in [1.165, 1.54) is 0 Å². The van der Waals surface area contributed by atoms with Gasteiger partial charge in [0.15, 0.2) is 11.5 Å². The molecule has 1 spiro atoms. The zero-order chi connectivity index (χ0) is 20.5. The van der Waals surface area contributed by atoms with Crippen molar-refractivity contribution < 1.29 is 23.8 Å². The highest BCUT2D eigenvalue weighted by Crippen LogP contribution is 2.52. The van der Waals surface area contributed by atoms with E-state index in [1.54, 1.807) is 4.90 Å². The number of rotatable bonds is 4. The first-order chi connectivity index (χ1) is 14.6. The van der Waals surface area contributed by atoms with Crippen LogP contribution in [0.5, 0.6) is 11.5 Å². The summed E-state index contributed by atoms with van der Waals surface area (Å²) in [6, 6.07) is 5.94. The molecule has 2 amide bonds. The van der Waals surface area contributed by atoms with E-state index in [1.807, 2.05) is 37.3 Å². The van der Waals surface area contributed by atoms with Gasteiger partial charge in [0, 0.05) is 6.54 Å². The molecule has 7 heteroatoms. The monoisotopic (exact) mass is 410 g/mol. The number of likely N-dealkylation sites (tertiary alicyclic amines) is 1. The van der Waals surface area contributed by atoms with Gasteiger partial charge in [-0.25, -0.2) is 0 Å². The fourth-order valence-corrected chi connectivity index (χ4v) is 6.12. The van der Waals surface area contributed by atoms with Crippen LogP contribution in [0.1, 0.15) is 38.2 Å². The lowest BCUT2D eigenvalue weighted by molar-refractivity contribution is -0.138. The minimum atomic E-state index is -0.638. The quantitative estimate of drug-likeness (QED) is 0.770. The van der Waals surface area contributed by atoms with Crippen molar-refractivity contribution in [3.05, 3.63) is 35.9 Å². The summed E-state index contributed by atoms with van der Waals surface area (Å²) in [5, 5.41) is 3.37. The fraction of sp³-hybridized carbons (Fsp3) is 0.565. The Hall–Kier alpha value is -2.54. The van der Waals surface area contributed by atoms with Crippen LogP contribution in [0.25, 0.3) is 0 Å². The Morgan fingerprint density at radius 2 is 2.03 bits per heavy atom. The van der Waals surface area contributed by atoms with Gasteiger partial charge in [-0.1, -0.05) is 31.1 Å². The maximum absolute atomic E-state index is 13.6. The molecular formula is C23H26N2O5. The van der Waals surface area contributed by atoms with Crippen LogP contribution in [0.2, 0.25) is 0 Å². The number of carbonyl (C=O) groups is 2. The fourth-order valence-electron chi connectivity index (χ4n) is 6.12. The van der Waals surface area contributed by atoms with Crippen LogP contribution in [0.3, 0.4) is 0 Å². The summed E-state index contributed by atoms with van der Waals surface area (Å²) in [4.78, 5) is 28.5. The molecule has 1 aromatic rings. The molecule has 30 heavy (non-hydrogen) atoms. The predicted octanol–water partition coefficient (Wildman–Crippen LogP) is 2.10. The van der Waals surface area contributed by atoms with Crippen LogP contribution in [-0.4, -0.2) is 48.3 Å². The van der Waals surface area contributed by atoms with Gasteiger partial charge in [-0.2, -0.15) is 0 Å². The molecule has 0 aromatic heterocycles. The number of likely N-dealkylation sites (N-methyl/N-ethyl adjacent to an activating group) is 1. The minimum absolute atomic E-state index is 0.0352.